The smallest absolute Gasteiger partial charge is 0.0919 e. The van der Waals surface area contributed by atoms with Gasteiger partial charge in [-0.2, -0.15) is 0 Å². The third-order valence-corrected chi connectivity index (χ3v) is 10.0. The summed E-state index contributed by atoms with van der Waals surface area (Å²) in [5.41, 5.74) is 2.06. The van der Waals surface area contributed by atoms with E-state index >= 15 is 0 Å². The fraction of sp³-hybridized carbons (Fsp3) is 0.931. The minimum absolute atomic E-state index is 0. The van der Waals surface area contributed by atoms with Crippen molar-refractivity contribution in [1.29, 1.82) is 0 Å². The van der Waals surface area contributed by atoms with Crippen LogP contribution in [0.5, 0.6) is 0 Å². The zero-order chi connectivity index (χ0) is 22.8. The molecule has 0 spiro atoms. The molecule has 2 nitrogen and oxygen atoms in total. The molecule has 4 aliphatic rings. The minimum Gasteiger partial charge on any atom is -0.393 e. The van der Waals surface area contributed by atoms with E-state index in [1.165, 1.54) is 18.4 Å². The molecule has 3 fully saturated rings. The Kier molecular flexibility index (Phi) is 9.87. The zero-order valence-electron chi connectivity index (χ0n) is 20.9. The molecule has 0 radical (unpaired) electrons. The fourth-order valence-corrected chi connectivity index (χ4v) is 8.21. The van der Waals surface area contributed by atoms with E-state index in [0.717, 1.165) is 63.7 Å². The van der Waals surface area contributed by atoms with Crippen LogP contribution >= 0.6 is 0 Å². The summed E-state index contributed by atoms with van der Waals surface area (Å²) in [6.45, 7) is 10.7. The van der Waals surface area contributed by atoms with Crippen LogP contribution in [0.4, 0.5) is 4.39 Å². The van der Waals surface area contributed by atoms with Gasteiger partial charge >= 0.3 is 0 Å². The Morgan fingerprint density at radius 1 is 1.09 bits per heavy atom. The van der Waals surface area contributed by atoms with Gasteiger partial charge in [0.15, 0.2) is 0 Å². The second kappa shape index (κ2) is 11.3. The van der Waals surface area contributed by atoms with Crippen molar-refractivity contribution in [3.63, 3.8) is 0 Å². The summed E-state index contributed by atoms with van der Waals surface area (Å²) in [4.78, 5) is 0. The first kappa shape index (κ1) is 27.8. The van der Waals surface area contributed by atoms with Gasteiger partial charge in [-0.05, 0) is 98.2 Å². The number of hydrogen-bond acceptors (Lipinski definition) is 2. The third-order valence-electron chi connectivity index (χ3n) is 10.0. The lowest BCUT2D eigenvalue weighted by molar-refractivity contribution is -0.0533. The molecule has 0 aromatic heterocycles. The first-order valence-corrected chi connectivity index (χ1v) is 13.4. The highest BCUT2D eigenvalue weighted by Gasteiger charge is 2.60. The van der Waals surface area contributed by atoms with Crippen LogP contribution in [0.25, 0.3) is 0 Å². The van der Waals surface area contributed by atoms with Crippen molar-refractivity contribution in [1.82, 2.24) is 0 Å². The number of rotatable bonds is 6. The van der Waals surface area contributed by atoms with Crippen LogP contribution in [0, 0.1) is 40.4 Å². The van der Waals surface area contributed by atoms with Gasteiger partial charge in [-0.25, -0.2) is 0 Å². The normalized spacial score (nSPS) is 43.4. The molecule has 32 heavy (non-hydrogen) atoms. The van der Waals surface area contributed by atoms with Gasteiger partial charge in [0, 0.05) is 0 Å². The molecule has 0 aromatic carbocycles. The Morgan fingerprint density at radius 3 is 2.50 bits per heavy atom. The number of aliphatic hydroxyl groups is 2. The summed E-state index contributed by atoms with van der Waals surface area (Å²) in [5, 5.41) is 21.2. The molecule has 2 N–H and O–H groups in total. The standard InChI is InChI=1S/C26H43FO2.C2H6.CH4/c1-17(16-27)6-4-5-7-22-24(29)15-23-20-9-8-18-14-19(28)10-12-25(18,2)21(20)11-13-26(22,23)3;1-2;/h8,17,19-24,28-29H,4-7,9-16H2,1-3H3;1-2H3;1H4. The average Bonchev–Trinajstić information content (AvgIpc) is 3.02. The lowest BCUT2D eigenvalue weighted by atomic mass is 9.47. The molecule has 0 heterocycles. The molecule has 0 saturated heterocycles. The minimum atomic E-state index is -0.208. The molecule has 0 bridgehead atoms. The number of fused-ring (bicyclic) bond motifs is 5. The Balaban J connectivity index is 0.00000118. The van der Waals surface area contributed by atoms with Crippen LogP contribution < -0.4 is 0 Å². The van der Waals surface area contributed by atoms with E-state index in [2.05, 4.69) is 19.9 Å². The van der Waals surface area contributed by atoms with Crippen LogP contribution in [0.1, 0.15) is 113 Å². The van der Waals surface area contributed by atoms with Gasteiger partial charge in [0.2, 0.25) is 0 Å². The quantitative estimate of drug-likeness (QED) is 0.320. The molecule has 3 heteroatoms. The van der Waals surface area contributed by atoms with Crippen LogP contribution in [0.15, 0.2) is 11.6 Å². The number of unbranched alkanes of at least 4 members (excludes halogenated alkanes) is 1. The Labute approximate surface area is 198 Å². The highest BCUT2D eigenvalue weighted by Crippen LogP contribution is 2.66. The molecular weight excluding hydrogens is 399 g/mol. The van der Waals surface area contributed by atoms with E-state index in [1.54, 1.807) is 0 Å². The predicted molar refractivity (Wildman–Crippen MR) is 134 cm³/mol. The second-order valence-electron chi connectivity index (χ2n) is 11.7. The van der Waals surface area contributed by atoms with E-state index in [9.17, 15) is 14.6 Å². The third kappa shape index (κ3) is 4.99. The topological polar surface area (TPSA) is 40.5 Å². The van der Waals surface area contributed by atoms with Gasteiger partial charge in [0.1, 0.15) is 0 Å². The maximum atomic E-state index is 12.7. The van der Waals surface area contributed by atoms with Crippen LogP contribution in [0.2, 0.25) is 0 Å². The molecule has 3 saturated carbocycles. The van der Waals surface area contributed by atoms with E-state index in [0.29, 0.717) is 17.8 Å². The Morgan fingerprint density at radius 2 is 1.81 bits per heavy atom. The van der Waals surface area contributed by atoms with Crippen molar-refractivity contribution in [2.45, 2.75) is 125 Å². The second-order valence-corrected chi connectivity index (χ2v) is 11.7. The highest BCUT2D eigenvalue weighted by atomic mass is 19.1. The van der Waals surface area contributed by atoms with E-state index in [-0.39, 0.29) is 43.1 Å². The highest BCUT2D eigenvalue weighted by molar-refractivity contribution is 5.25. The maximum Gasteiger partial charge on any atom is 0.0919 e. The molecule has 4 rings (SSSR count). The SMILES string of the molecule is C.CC.CC(CF)CCCCC1C(O)CC2C3CC=C4CC(O)CCC4(C)C3CCC12C. The van der Waals surface area contributed by atoms with Crippen LogP contribution in [-0.4, -0.2) is 29.1 Å². The number of halogens is 1. The summed E-state index contributed by atoms with van der Waals surface area (Å²) < 4.78 is 12.7. The number of aliphatic hydroxyl groups excluding tert-OH is 2. The molecular formula is C29H53FO2. The van der Waals surface area contributed by atoms with Gasteiger partial charge in [0.25, 0.3) is 0 Å². The lowest BCUT2D eigenvalue weighted by Crippen LogP contribution is -2.50. The van der Waals surface area contributed by atoms with E-state index in [4.69, 9.17) is 0 Å². The van der Waals surface area contributed by atoms with Crippen molar-refractivity contribution in [2.24, 2.45) is 40.4 Å². The largest absolute Gasteiger partial charge is 0.393 e. The van der Waals surface area contributed by atoms with Crippen LogP contribution in [-0.2, 0) is 0 Å². The summed E-state index contributed by atoms with van der Waals surface area (Å²) in [7, 11) is 0. The van der Waals surface area contributed by atoms with Gasteiger partial charge in [-0.15, -0.1) is 0 Å². The van der Waals surface area contributed by atoms with Gasteiger partial charge in [0.05, 0.1) is 18.9 Å². The van der Waals surface area contributed by atoms with Crippen molar-refractivity contribution in [3.8, 4) is 0 Å². The van der Waals surface area contributed by atoms with Crippen molar-refractivity contribution < 1.29 is 14.6 Å². The predicted octanol–water partition coefficient (Wildman–Crippen LogP) is 7.73. The summed E-state index contributed by atoms with van der Waals surface area (Å²) in [6, 6.07) is 0. The van der Waals surface area contributed by atoms with Crippen molar-refractivity contribution >= 4 is 0 Å². The first-order valence-electron chi connectivity index (χ1n) is 13.4. The summed E-state index contributed by atoms with van der Waals surface area (Å²) in [6.07, 6.45) is 14.1. The number of hydrogen-bond donors (Lipinski definition) is 2. The molecule has 0 amide bonds. The monoisotopic (exact) mass is 452 g/mol. The Bertz CT molecular complexity index is 618. The Hall–Kier alpha value is -0.410. The van der Waals surface area contributed by atoms with E-state index < -0.39 is 0 Å². The average molecular weight is 453 g/mol. The van der Waals surface area contributed by atoms with E-state index in [1.807, 2.05) is 20.8 Å². The van der Waals surface area contributed by atoms with Gasteiger partial charge < -0.3 is 10.2 Å². The fourth-order valence-electron chi connectivity index (χ4n) is 8.21. The maximum absolute atomic E-state index is 12.7. The lowest BCUT2D eigenvalue weighted by Gasteiger charge is -2.58. The molecule has 9 unspecified atom stereocenters. The van der Waals surface area contributed by atoms with Gasteiger partial charge in [-0.1, -0.05) is 66.5 Å². The molecule has 0 aromatic rings. The number of allylic oxidation sites excluding steroid dienone is 1. The first-order chi connectivity index (χ1) is 14.8. The molecule has 0 aliphatic heterocycles. The van der Waals surface area contributed by atoms with Crippen molar-refractivity contribution in [2.75, 3.05) is 6.67 Å². The van der Waals surface area contributed by atoms with Crippen molar-refractivity contribution in [3.05, 3.63) is 11.6 Å². The summed E-state index contributed by atoms with van der Waals surface area (Å²) in [5.74, 6) is 2.65. The molecule has 188 valence electrons. The van der Waals surface area contributed by atoms with Gasteiger partial charge in [-0.3, -0.25) is 4.39 Å². The molecule has 4 aliphatic carbocycles. The summed E-state index contributed by atoms with van der Waals surface area (Å²) >= 11 is 0. The zero-order valence-corrected chi connectivity index (χ0v) is 20.9. The van der Waals surface area contributed by atoms with Crippen LogP contribution in [0.3, 0.4) is 0 Å². The molecule has 9 atom stereocenters. The number of alkyl halides is 1.